The van der Waals surface area contributed by atoms with Crippen molar-refractivity contribution < 1.29 is 9.69 Å². The topological polar surface area (TPSA) is 58.2 Å². The fourth-order valence-corrected chi connectivity index (χ4v) is 4.23. The Hall–Kier alpha value is -1.55. The largest absolute Gasteiger partial charge is 0.329 e. The van der Waals surface area contributed by atoms with E-state index in [4.69, 9.17) is 0 Å². The smallest absolute Gasteiger partial charge is 0.210 e. The standard InChI is InChI=1S/C23H30BrN3OS/c1-16(2)9-11-27(12-10-17(3)4)14-22(28)20(13-25)23-26-21(15-29-23)18-5-7-19(24)8-6-18/h5-8,15-17,20H,9-12,14H2,1-4H3/p+1/t20-/m0/s1. The molecule has 0 radical (unpaired) electrons. The molecule has 0 saturated heterocycles. The molecule has 6 heteroatoms. The Balaban J connectivity index is 2.09. The number of rotatable bonds is 11. The minimum absolute atomic E-state index is 0.0216. The van der Waals surface area contributed by atoms with Crippen LogP contribution in [0.5, 0.6) is 0 Å². The quantitative estimate of drug-likeness (QED) is 0.509. The second-order valence-corrected chi connectivity index (χ2v) is 10.2. The van der Waals surface area contributed by atoms with Crippen LogP contribution in [0.3, 0.4) is 0 Å². The van der Waals surface area contributed by atoms with Crippen molar-refractivity contribution in [2.24, 2.45) is 11.8 Å². The lowest BCUT2D eigenvalue weighted by Gasteiger charge is -2.21. The maximum Gasteiger partial charge on any atom is 0.210 e. The van der Waals surface area contributed by atoms with Gasteiger partial charge in [0.2, 0.25) is 5.78 Å². The summed E-state index contributed by atoms with van der Waals surface area (Å²) in [6.45, 7) is 11.2. The Bertz CT molecular complexity index is 811. The van der Waals surface area contributed by atoms with Crippen molar-refractivity contribution in [1.29, 1.82) is 5.26 Å². The van der Waals surface area contributed by atoms with Crippen LogP contribution in [-0.2, 0) is 4.79 Å². The molecule has 1 aromatic heterocycles. The SMILES string of the molecule is CC(C)CC[NH+](CCC(C)C)CC(=O)[C@H](C#N)c1nc(-c2ccc(Br)cc2)cs1. The second kappa shape index (κ2) is 11.6. The molecule has 2 aromatic rings. The highest BCUT2D eigenvalue weighted by Crippen LogP contribution is 2.27. The molecular formula is C23H31BrN3OS+. The predicted molar refractivity (Wildman–Crippen MR) is 123 cm³/mol. The van der Waals surface area contributed by atoms with Crippen molar-refractivity contribution in [2.75, 3.05) is 19.6 Å². The lowest BCUT2D eigenvalue weighted by atomic mass is 10.0. The molecule has 0 fully saturated rings. The van der Waals surface area contributed by atoms with Gasteiger partial charge in [-0.3, -0.25) is 4.79 Å². The molecule has 0 saturated carbocycles. The molecule has 156 valence electrons. The van der Waals surface area contributed by atoms with Crippen LogP contribution in [-0.4, -0.2) is 30.4 Å². The van der Waals surface area contributed by atoms with E-state index in [1.54, 1.807) is 0 Å². The van der Waals surface area contributed by atoms with E-state index in [2.05, 4.69) is 54.7 Å². The number of halogens is 1. The molecule has 0 aliphatic heterocycles. The summed E-state index contributed by atoms with van der Waals surface area (Å²) in [4.78, 5) is 18.9. The molecule has 0 aliphatic rings. The van der Waals surface area contributed by atoms with Gasteiger partial charge in [-0.05, 0) is 36.8 Å². The predicted octanol–water partition coefficient (Wildman–Crippen LogP) is 4.73. The van der Waals surface area contributed by atoms with Crippen LogP contribution in [0.4, 0.5) is 0 Å². The summed E-state index contributed by atoms with van der Waals surface area (Å²) in [5.74, 6) is 0.417. The summed E-state index contributed by atoms with van der Waals surface area (Å²) in [5, 5.41) is 12.2. The number of nitrogens with zero attached hydrogens (tertiary/aromatic N) is 2. The van der Waals surface area contributed by atoms with Crippen LogP contribution >= 0.6 is 27.3 Å². The van der Waals surface area contributed by atoms with Crippen molar-refractivity contribution in [3.63, 3.8) is 0 Å². The number of Topliss-reactive ketones (excluding diaryl/α,β-unsaturated/α-hetero) is 1. The molecule has 0 amide bonds. The van der Waals surface area contributed by atoms with Crippen LogP contribution < -0.4 is 4.90 Å². The van der Waals surface area contributed by atoms with E-state index in [1.165, 1.54) is 16.2 Å². The Labute approximate surface area is 187 Å². The lowest BCUT2D eigenvalue weighted by Crippen LogP contribution is -3.13. The number of thiazole rings is 1. The maximum absolute atomic E-state index is 13.0. The Kier molecular flexibility index (Phi) is 9.48. The molecule has 0 spiro atoms. The zero-order chi connectivity index (χ0) is 21.4. The minimum atomic E-state index is -0.780. The van der Waals surface area contributed by atoms with Gasteiger partial charge in [0, 0.05) is 15.4 Å². The number of ketones is 1. The van der Waals surface area contributed by atoms with E-state index in [0.29, 0.717) is 23.4 Å². The molecule has 1 heterocycles. The summed E-state index contributed by atoms with van der Waals surface area (Å²) < 4.78 is 1.01. The number of nitriles is 1. The molecule has 0 aliphatic carbocycles. The number of nitrogens with one attached hydrogen (secondary N) is 1. The number of carbonyl (C=O) groups excluding carboxylic acids is 1. The van der Waals surface area contributed by atoms with Gasteiger partial charge >= 0.3 is 0 Å². The van der Waals surface area contributed by atoms with Crippen LogP contribution in [0.25, 0.3) is 11.3 Å². The van der Waals surface area contributed by atoms with Crippen LogP contribution in [0.15, 0.2) is 34.1 Å². The van der Waals surface area contributed by atoms with Gasteiger partial charge in [0.25, 0.3) is 0 Å². The Morgan fingerprint density at radius 2 is 1.72 bits per heavy atom. The number of carbonyl (C=O) groups is 1. The number of aromatic nitrogens is 1. The molecule has 1 atom stereocenters. The fourth-order valence-electron chi connectivity index (χ4n) is 3.07. The first-order chi connectivity index (χ1) is 13.8. The highest BCUT2D eigenvalue weighted by atomic mass is 79.9. The molecule has 4 nitrogen and oxygen atoms in total. The molecule has 29 heavy (non-hydrogen) atoms. The summed E-state index contributed by atoms with van der Waals surface area (Å²) in [7, 11) is 0. The van der Waals surface area contributed by atoms with Gasteiger partial charge in [0.05, 0.1) is 24.9 Å². The first-order valence-corrected chi connectivity index (χ1v) is 11.9. The van der Waals surface area contributed by atoms with Gasteiger partial charge in [-0.2, -0.15) is 5.26 Å². The highest BCUT2D eigenvalue weighted by Gasteiger charge is 2.27. The van der Waals surface area contributed by atoms with Gasteiger partial charge in [-0.25, -0.2) is 4.98 Å². The summed E-state index contributed by atoms with van der Waals surface area (Å²) in [6.07, 6.45) is 2.17. The first-order valence-electron chi connectivity index (χ1n) is 10.3. The van der Waals surface area contributed by atoms with E-state index in [0.717, 1.165) is 41.7 Å². The Morgan fingerprint density at radius 3 is 2.24 bits per heavy atom. The molecular weight excluding hydrogens is 446 g/mol. The molecule has 1 N–H and O–H groups in total. The normalized spacial score (nSPS) is 12.5. The zero-order valence-corrected chi connectivity index (χ0v) is 20.1. The average Bonchev–Trinajstić information content (AvgIpc) is 3.14. The summed E-state index contributed by atoms with van der Waals surface area (Å²) in [5.41, 5.74) is 1.80. The minimum Gasteiger partial charge on any atom is -0.329 e. The molecule has 0 unspecified atom stereocenters. The van der Waals surface area contributed by atoms with E-state index in [9.17, 15) is 10.1 Å². The Morgan fingerprint density at radius 1 is 1.14 bits per heavy atom. The monoisotopic (exact) mass is 476 g/mol. The highest BCUT2D eigenvalue weighted by molar-refractivity contribution is 9.10. The van der Waals surface area contributed by atoms with Gasteiger partial charge < -0.3 is 4.90 Å². The third kappa shape index (κ3) is 7.65. The van der Waals surface area contributed by atoms with Gasteiger partial charge in [-0.1, -0.05) is 55.8 Å². The molecule has 2 rings (SSSR count). The number of benzene rings is 1. The number of hydrogen-bond acceptors (Lipinski definition) is 4. The maximum atomic E-state index is 13.0. The van der Waals surface area contributed by atoms with Crippen LogP contribution in [0.2, 0.25) is 0 Å². The third-order valence-corrected chi connectivity index (χ3v) is 6.37. The fraction of sp³-hybridized carbons (Fsp3) is 0.522. The first kappa shape index (κ1) is 23.7. The van der Waals surface area contributed by atoms with Crippen molar-refractivity contribution >= 4 is 33.0 Å². The van der Waals surface area contributed by atoms with Crippen LogP contribution in [0, 0.1) is 23.2 Å². The van der Waals surface area contributed by atoms with Crippen molar-refractivity contribution in [1.82, 2.24) is 4.98 Å². The van der Waals surface area contributed by atoms with E-state index >= 15 is 0 Å². The third-order valence-electron chi connectivity index (χ3n) is 4.93. The van der Waals surface area contributed by atoms with Gasteiger partial charge in [-0.15, -0.1) is 11.3 Å². The van der Waals surface area contributed by atoms with E-state index < -0.39 is 5.92 Å². The number of quaternary nitrogens is 1. The van der Waals surface area contributed by atoms with Gasteiger partial charge in [0.1, 0.15) is 11.6 Å². The number of hydrogen-bond donors (Lipinski definition) is 1. The summed E-state index contributed by atoms with van der Waals surface area (Å²) >= 11 is 4.83. The average molecular weight is 477 g/mol. The van der Waals surface area contributed by atoms with Gasteiger partial charge in [0.15, 0.2) is 5.92 Å². The van der Waals surface area contributed by atoms with Crippen molar-refractivity contribution in [3.05, 3.63) is 39.1 Å². The zero-order valence-electron chi connectivity index (χ0n) is 17.7. The molecule has 1 aromatic carbocycles. The van der Waals surface area contributed by atoms with E-state index in [-0.39, 0.29) is 5.78 Å². The van der Waals surface area contributed by atoms with Crippen LogP contribution in [0.1, 0.15) is 51.5 Å². The lowest BCUT2D eigenvalue weighted by molar-refractivity contribution is -0.893. The molecule has 0 bridgehead atoms. The summed E-state index contributed by atoms with van der Waals surface area (Å²) in [6, 6.07) is 10.1. The van der Waals surface area contributed by atoms with Crippen molar-refractivity contribution in [3.8, 4) is 17.3 Å². The van der Waals surface area contributed by atoms with Crippen molar-refractivity contribution in [2.45, 2.75) is 46.5 Å². The van der Waals surface area contributed by atoms with E-state index in [1.807, 2.05) is 29.6 Å². The second-order valence-electron chi connectivity index (χ2n) is 8.40.